The molecule has 2 rings (SSSR count). The Morgan fingerprint density at radius 3 is 2.71 bits per heavy atom. The van der Waals surface area contributed by atoms with Crippen LogP contribution in [0.2, 0.25) is 5.02 Å². The predicted octanol–water partition coefficient (Wildman–Crippen LogP) is 3.39. The molecular formula is C14H15ClN2O3S. The topological polar surface area (TPSA) is 73.6 Å². The van der Waals surface area contributed by atoms with Gasteiger partial charge in [-0.1, -0.05) is 29.8 Å². The highest BCUT2D eigenvalue weighted by Gasteiger charge is 2.22. The Morgan fingerprint density at radius 1 is 1.38 bits per heavy atom. The number of hydrogen-bond acceptors (Lipinski definition) is 6. The Morgan fingerprint density at radius 2 is 2.10 bits per heavy atom. The summed E-state index contributed by atoms with van der Waals surface area (Å²) < 4.78 is 9.95. The largest absolute Gasteiger partial charge is 0.492 e. The zero-order chi connectivity index (χ0) is 15.4. The maximum absolute atomic E-state index is 11.6. The summed E-state index contributed by atoms with van der Waals surface area (Å²) >= 11 is 7.30. The number of nitrogens with one attached hydrogen (secondary N) is 1. The number of carbonyl (C=O) groups is 1. The molecule has 0 aliphatic carbocycles. The minimum atomic E-state index is -0.485. The number of methoxy groups -OCH3 is 2. The molecule has 0 aliphatic heterocycles. The number of esters is 1. The third-order valence-electron chi connectivity index (χ3n) is 2.87. The number of hydrogen-bond donors (Lipinski definition) is 2. The monoisotopic (exact) mass is 326 g/mol. The number of thiophene rings is 1. The van der Waals surface area contributed by atoms with E-state index in [4.69, 9.17) is 26.8 Å². The maximum Gasteiger partial charge on any atom is 0.350 e. The molecule has 0 saturated carbocycles. The van der Waals surface area contributed by atoms with E-state index in [9.17, 15) is 4.79 Å². The van der Waals surface area contributed by atoms with Crippen molar-refractivity contribution in [2.45, 2.75) is 6.54 Å². The molecule has 0 atom stereocenters. The summed E-state index contributed by atoms with van der Waals surface area (Å²) in [5, 5.41) is 4.51. The highest BCUT2D eigenvalue weighted by atomic mass is 35.5. The van der Waals surface area contributed by atoms with E-state index in [1.54, 1.807) is 0 Å². The molecule has 3 N–H and O–H groups in total. The van der Waals surface area contributed by atoms with Gasteiger partial charge in [-0.05, 0) is 11.6 Å². The first-order chi connectivity index (χ1) is 10.1. The van der Waals surface area contributed by atoms with Crippen molar-refractivity contribution in [2.75, 3.05) is 25.3 Å². The minimum absolute atomic E-state index is 0.274. The second-order valence-electron chi connectivity index (χ2n) is 4.14. The van der Waals surface area contributed by atoms with Gasteiger partial charge >= 0.3 is 5.97 Å². The summed E-state index contributed by atoms with van der Waals surface area (Å²) in [5.74, 6) is -0.0472. The normalized spacial score (nSPS) is 10.2. The van der Waals surface area contributed by atoms with E-state index < -0.39 is 5.97 Å². The van der Waals surface area contributed by atoms with Crippen LogP contribution in [0.25, 0.3) is 0 Å². The Balaban J connectivity index is 2.24. The van der Waals surface area contributed by atoms with E-state index in [1.165, 1.54) is 25.6 Å². The zero-order valence-electron chi connectivity index (χ0n) is 11.6. The third-order valence-corrected chi connectivity index (χ3v) is 4.37. The lowest BCUT2D eigenvalue weighted by atomic mass is 10.2. The fourth-order valence-electron chi connectivity index (χ4n) is 1.81. The van der Waals surface area contributed by atoms with Gasteiger partial charge in [0.25, 0.3) is 0 Å². The Bertz CT molecular complexity index is 658. The summed E-state index contributed by atoms with van der Waals surface area (Å²) in [5.41, 5.74) is 7.12. The van der Waals surface area contributed by atoms with Crippen molar-refractivity contribution in [3.05, 3.63) is 39.7 Å². The highest BCUT2D eigenvalue weighted by Crippen LogP contribution is 2.43. The quantitative estimate of drug-likeness (QED) is 0.824. The van der Waals surface area contributed by atoms with Crippen molar-refractivity contribution in [2.24, 2.45) is 0 Å². The van der Waals surface area contributed by atoms with E-state index in [2.05, 4.69) is 5.32 Å². The van der Waals surface area contributed by atoms with Crippen LogP contribution in [0.4, 0.5) is 10.7 Å². The second-order valence-corrected chi connectivity index (χ2v) is 5.57. The molecule has 1 heterocycles. The maximum atomic E-state index is 11.6. The zero-order valence-corrected chi connectivity index (χ0v) is 13.2. The van der Waals surface area contributed by atoms with Crippen molar-refractivity contribution in [1.29, 1.82) is 0 Å². The van der Waals surface area contributed by atoms with E-state index in [-0.39, 0.29) is 5.69 Å². The first-order valence-corrected chi connectivity index (χ1v) is 7.29. The van der Waals surface area contributed by atoms with E-state index in [0.717, 1.165) is 5.56 Å². The van der Waals surface area contributed by atoms with Crippen LogP contribution in [0.1, 0.15) is 15.2 Å². The molecule has 0 aliphatic rings. The molecule has 7 heteroatoms. The molecule has 21 heavy (non-hydrogen) atoms. The van der Waals surface area contributed by atoms with Crippen molar-refractivity contribution in [1.82, 2.24) is 0 Å². The summed E-state index contributed by atoms with van der Waals surface area (Å²) in [7, 11) is 2.81. The SMILES string of the molecule is COC(=O)c1sc(NCc2ccccc2Cl)c(OC)c1N. The summed E-state index contributed by atoms with van der Waals surface area (Å²) in [4.78, 5) is 12.0. The lowest BCUT2D eigenvalue weighted by Crippen LogP contribution is -2.02. The van der Waals surface area contributed by atoms with Gasteiger partial charge in [0.2, 0.25) is 0 Å². The first kappa shape index (κ1) is 15.5. The van der Waals surface area contributed by atoms with Gasteiger partial charge in [0.1, 0.15) is 15.6 Å². The first-order valence-electron chi connectivity index (χ1n) is 6.10. The van der Waals surface area contributed by atoms with Crippen LogP contribution in [-0.4, -0.2) is 20.2 Å². The van der Waals surface area contributed by atoms with Gasteiger partial charge in [0, 0.05) is 11.6 Å². The minimum Gasteiger partial charge on any atom is -0.492 e. The summed E-state index contributed by atoms with van der Waals surface area (Å²) in [6.07, 6.45) is 0. The van der Waals surface area contributed by atoms with Gasteiger partial charge in [-0.3, -0.25) is 0 Å². The van der Waals surface area contributed by atoms with Crippen molar-refractivity contribution in [3.63, 3.8) is 0 Å². The van der Waals surface area contributed by atoms with Crippen LogP contribution < -0.4 is 15.8 Å². The molecule has 0 amide bonds. The number of ether oxygens (including phenoxy) is 2. The average molecular weight is 327 g/mol. The Kier molecular flexibility index (Phi) is 4.93. The highest BCUT2D eigenvalue weighted by molar-refractivity contribution is 7.19. The molecule has 1 aromatic carbocycles. The molecule has 2 aromatic rings. The fraction of sp³-hybridized carbons (Fsp3) is 0.214. The molecule has 0 fully saturated rings. The van der Waals surface area contributed by atoms with Gasteiger partial charge in [0.05, 0.1) is 14.2 Å². The molecule has 1 aromatic heterocycles. The van der Waals surface area contributed by atoms with Gasteiger partial charge in [-0.2, -0.15) is 0 Å². The number of benzene rings is 1. The van der Waals surface area contributed by atoms with Gasteiger partial charge in [-0.15, -0.1) is 11.3 Å². The molecule has 0 radical (unpaired) electrons. The van der Waals surface area contributed by atoms with Crippen molar-refractivity contribution >= 4 is 39.6 Å². The standard InChI is InChI=1S/C14H15ClN2O3S/c1-19-11-10(16)12(14(18)20-2)21-13(11)17-7-8-5-3-4-6-9(8)15/h3-6,17H,7,16H2,1-2H3. The van der Waals surface area contributed by atoms with Crippen molar-refractivity contribution < 1.29 is 14.3 Å². The molecule has 112 valence electrons. The van der Waals surface area contributed by atoms with Crippen LogP contribution in [0, 0.1) is 0 Å². The van der Waals surface area contributed by atoms with Crippen molar-refractivity contribution in [3.8, 4) is 5.75 Å². The second kappa shape index (κ2) is 6.69. The number of halogens is 1. The van der Waals surface area contributed by atoms with Crippen LogP contribution in [0.3, 0.4) is 0 Å². The number of nitrogen functional groups attached to an aromatic ring is 1. The van der Waals surface area contributed by atoms with E-state index in [1.807, 2.05) is 24.3 Å². The van der Waals surface area contributed by atoms with Gasteiger partial charge in [0.15, 0.2) is 5.75 Å². The van der Waals surface area contributed by atoms with Crippen LogP contribution >= 0.6 is 22.9 Å². The van der Waals surface area contributed by atoms with Crippen LogP contribution in [0.15, 0.2) is 24.3 Å². The molecule has 0 spiro atoms. The molecular weight excluding hydrogens is 312 g/mol. The Hall–Kier alpha value is -1.92. The Labute approximate surface area is 131 Å². The predicted molar refractivity (Wildman–Crippen MR) is 85.4 cm³/mol. The van der Waals surface area contributed by atoms with Gasteiger partial charge < -0.3 is 20.5 Å². The fourth-order valence-corrected chi connectivity index (χ4v) is 3.02. The molecule has 0 bridgehead atoms. The number of rotatable bonds is 5. The smallest absolute Gasteiger partial charge is 0.350 e. The third kappa shape index (κ3) is 3.22. The summed E-state index contributed by atoms with van der Waals surface area (Å²) in [6.45, 7) is 0.497. The van der Waals surface area contributed by atoms with Crippen LogP contribution in [0.5, 0.6) is 5.75 Å². The number of nitrogens with two attached hydrogens (primary N) is 1. The average Bonchev–Trinajstić information content (AvgIpc) is 2.81. The van der Waals surface area contributed by atoms with E-state index in [0.29, 0.717) is 27.2 Å². The molecule has 0 saturated heterocycles. The lowest BCUT2D eigenvalue weighted by Gasteiger charge is -2.08. The van der Waals surface area contributed by atoms with Crippen LogP contribution in [-0.2, 0) is 11.3 Å². The van der Waals surface area contributed by atoms with E-state index >= 15 is 0 Å². The number of carbonyl (C=O) groups excluding carboxylic acids is 1. The summed E-state index contributed by atoms with van der Waals surface area (Å²) in [6, 6.07) is 7.51. The van der Waals surface area contributed by atoms with Gasteiger partial charge in [-0.25, -0.2) is 4.79 Å². The number of anilines is 2. The molecule has 0 unspecified atom stereocenters. The molecule has 5 nitrogen and oxygen atoms in total. The lowest BCUT2D eigenvalue weighted by molar-refractivity contribution is 0.0607.